The first-order chi connectivity index (χ1) is 4.04. The van der Waals surface area contributed by atoms with Crippen molar-refractivity contribution in [1.82, 2.24) is 0 Å². The molecular weight excluding hydrogens is 143 g/mol. The molecule has 0 saturated heterocycles. The average Bonchev–Trinajstić information content (AvgIpc) is 1.63. The Morgan fingerprint density at radius 2 is 1.60 bits per heavy atom. The smallest absolute Gasteiger partial charge is 0.308 e. The van der Waals surface area contributed by atoms with E-state index < -0.39 is 0 Å². The molecule has 0 radical (unpaired) electrons. The van der Waals surface area contributed by atoms with Gasteiger partial charge in [0.25, 0.3) is 0 Å². The molecule has 0 amide bonds. The van der Waals surface area contributed by atoms with Crippen LogP contribution in [-0.4, -0.2) is 29.4 Å². The minimum Gasteiger partial charge on any atom is -0.463 e. The molecule has 0 aromatic carbocycles. The van der Waals surface area contributed by atoms with Crippen LogP contribution in [0.4, 0.5) is 0 Å². The highest BCUT2D eigenvalue weighted by atomic mass is 27.0. The number of rotatable bonds is 2. The van der Waals surface area contributed by atoms with Crippen LogP contribution in [0.2, 0.25) is 0 Å². The van der Waals surface area contributed by atoms with Crippen LogP contribution in [0, 0.1) is 5.92 Å². The van der Waals surface area contributed by atoms with E-state index in [2.05, 4.69) is 0 Å². The summed E-state index contributed by atoms with van der Waals surface area (Å²) in [6, 6.07) is 0. The molecule has 0 rings (SSSR count). The normalized spacial score (nSPS) is 9.40. The van der Waals surface area contributed by atoms with Gasteiger partial charge in [0.15, 0.2) is 17.4 Å². The van der Waals surface area contributed by atoms with Crippen molar-refractivity contribution in [3.8, 4) is 0 Å². The fourth-order valence-electron chi connectivity index (χ4n) is 0.368. The number of carbonyl (C=O) groups is 1. The molecule has 0 atom stereocenters. The highest BCUT2D eigenvalue weighted by Crippen LogP contribution is 1.98. The lowest BCUT2D eigenvalue weighted by atomic mass is 10.2. The summed E-state index contributed by atoms with van der Waals surface area (Å²) in [7, 11) is 0. The summed E-state index contributed by atoms with van der Waals surface area (Å²) in [6.07, 6.45) is 0.0138. The van der Waals surface area contributed by atoms with Crippen LogP contribution >= 0.6 is 0 Å². The van der Waals surface area contributed by atoms with E-state index in [0.717, 1.165) is 0 Å². The van der Waals surface area contributed by atoms with Crippen molar-refractivity contribution in [2.75, 3.05) is 0 Å². The number of ether oxygens (including phenoxy) is 1. The van der Waals surface area contributed by atoms with Gasteiger partial charge < -0.3 is 4.74 Å². The van der Waals surface area contributed by atoms with Crippen molar-refractivity contribution in [2.24, 2.45) is 5.92 Å². The fourth-order valence-corrected chi connectivity index (χ4v) is 0.368. The summed E-state index contributed by atoms with van der Waals surface area (Å²) in [4.78, 5) is 10.7. The van der Waals surface area contributed by atoms with Gasteiger partial charge in [0, 0.05) is 0 Å². The minimum atomic E-state index is -0.120. The van der Waals surface area contributed by atoms with Crippen molar-refractivity contribution in [2.45, 2.75) is 33.8 Å². The summed E-state index contributed by atoms with van der Waals surface area (Å²) in [5.41, 5.74) is 0. The molecule has 0 N–H and O–H groups in total. The van der Waals surface area contributed by atoms with Gasteiger partial charge in [-0.3, -0.25) is 4.79 Å². The lowest BCUT2D eigenvalue weighted by molar-refractivity contribution is -0.151. The van der Waals surface area contributed by atoms with E-state index in [-0.39, 0.29) is 35.4 Å². The van der Waals surface area contributed by atoms with Crippen molar-refractivity contribution < 1.29 is 9.53 Å². The van der Waals surface area contributed by atoms with Crippen LogP contribution < -0.4 is 0 Å². The van der Waals surface area contributed by atoms with Gasteiger partial charge in [-0.15, -0.1) is 0 Å². The first kappa shape index (κ1) is 12.7. The molecule has 3 heteroatoms. The number of carbonyl (C=O) groups excluding carboxylic acids is 1. The molecule has 0 unspecified atom stereocenters. The Bertz CT molecular complexity index is 99.8. The minimum absolute atomic E-state index is 0. The molecule has 0 fully saturated rings. The maximum atomic E-state index is 10.7. The molecule has 0 aliphatic heterocycles. The van der Waals surface area contributed by atoms with Crippen molar-refractivity contribution >= 4 is 23.3 Å². The molecule has 10 heavy (non-hydrogen) atoms. The lowest BCUT2D eigenvalue weighted by Gasteiger charge is -2.08. The monoisotopic (exact) mass is 160 g/mol. The topological polar surface area (TPSA) is 26.3 Å². The van der Waals surface area contributed by atoms with Gasteiger partial charge >= 0.3 is 5.97 Å². The predicted octanol–water partition coefficient (Wildman–Crippen LogP) is 0.410. The lowest BCUT2D eigenvalue weighted by Crippen LogP contribution is -2.16. The summed E-state index contributed by atoms with van der Waals surface area (Å²) in [5.74, 6) is -0.127. The molecule has 0 aromatic heterocycles. The van der Waals surface area contributed by atoms with Gasteiger partial charge in [-0.1, -0.05) is 13.8 Å². The molecule has 0 saturated carbocycles. The quantitative estimate of drug-likeness (QED) is 0.432. The van der Waals surface area contributed by atoms with E-state index >= 15 is 0 Å². The molecule has 0 aliphatic carbocycles. The fraction of sp³-hybridized carbons (Fsp3) is 0.857. The van der Waals surface area contributed by atoms with Crippen molar-refractivity contribution in [1.29, 1.82) is 0 Å². The molecule has 0 bridgehead atoms. The third kappa shape index (κ3) is 6.13. The number of esters is 1. The van der Waals surface area contributed by atoms with Gasteiger partial charge in [0.05, 0.1) is 12.0 Å². The van der Waals surface area contributed by atoms with Crippen LogP contribution in [0.1, 0.15) is 27.7 Å². The summed E-state index contributed by atoms with van der Waals surface area (Å²) in [6.45, 7) is 7.34. The number of hydrogen-bond donors (Lipinski definition) is 0. The Morgan fingerprint density at radius 1 is 1.20 bits per heavy atom. The van der Waals surface area contributed by atoms with Gasteiger partial charge in [-0.25, -0.2) is 0 Å². The van der Waals surface area contributed by atoms with Gasteiger partial charge in [0.1, 0.15) is 0 Å². The molecule has 60 valence electrons. The van der Waals surface area contributed by atoms with Gasteiger partial charge in [-0.2, -0.15) is 0 Å². The van der Waals surface area contributed by atoms with Crippen LogP contribution in [0.5, 0.6) is 0 Å². The third-order valence-electron chi connectivity index (χ3n) is 0.823. The Labute approximate surface area is 73.1 Å². The largest absolute Gasteiger partial charge is 0.463 e. The van der Waals surface area contributed by atoms with Gasteiger partial charge in [-0.05, 0) is 13.8 Å². The van der Waals surface area contributed by atoms with E-state index in [1.807, 2.05) is 27.7 Å². The van der Waals surface area contributed by atoms with Crippen LogP contribution in [0.25, 0.3) is 0 Å². The van der Waals surface area contributed by atoms with E-state index in [4.69, 9.17) is 4.74 Å². The Kier molecular flexibility index (Phi) is 7.29. The van der Waals surface area contributed by atoms with Crippen LogP contribution in [0.3, 0.4) is 0 Å². The highest BCUT2D eigenvalue weighted by molar-refractivity contribution is 5.75. The summed E-state index contributed by atoms with van der Waals surface area (Å²) in [5, 5.41) is 0. The van der Waals surface area contributed by atoms with E-state index in [0.29, 0.717) is 0 Å². The molecule has 0 heterocycles. The zero-order valence-corrected chi connectivity index (χ0v) is 6.47. The van der Waals surface area contributed by atoms with E-state index in [1.54, 1.807) is 0 Å². The van der Waals surface area contributed by atoms with Gasteiger partial charge in [0.2, 0.25) is 0 Å². The maximum Gasteiger partial charge on any atom is 0.308 e. The molecule has 0 aromatic rings. The Hall–Kier alpha value is 0.00247. The Balaban J connectivity index is 0. The number of hydrogen-bond acceptors (Lipinski definition) is 2. The zero-order chi connectivity index (χ0) is 7.44. The second kappa shape index (κ2) is 5.76. The van der Waals surface area contributed by atoms with Crippen molar-refractivity contribution in [3.05, 3.63) is 0 Å². The third-order valence-corrected chi connectivity index (χ3v) is 0.823. The van der Waals surface area contributed by atoms with Crippen LogP contribution in [0.15, 0.2) is 0 Å². The first-order valence-corrected chi connectivity index (χ1v) is 3.24. The first-order valence-electron chi connectivity index (χ1n) is 3.24. The zero-order valence-electron chi connectivity index (χ0n) is 6.47. The molecule has 0 aliphatic rings. The van der Waals surface area contributed by atoms with E-state index in [1.165, 1.54) is 0 Å². The second-order valence-electron chi connectivity index (χ2n) is 2.64. The second-order valence-corrected chi connectivity index (χ2v) is 2.64. The molecule has 0 spiro atoms. The predicted molar refractivity (Wildman–Crippen MR) is 46.0 cm³/mol. The van der Waals surface area contributed by atoms with E-state index in [9.17, 15) is 4.79 Å². The summed E-state index contributed by atoms with van der Waals surface area (Å²) >= 11 is 0. The maximum absolute atomic E-state index is 10.7. The Morgan fingerprint density at radius 3 is 1.70 bits per heavy atom. The SMILES string of the molecule is CC(C)OC(=O)C(C)C.[AlH3]. The van der Waals surface area contributed by atoms with Crippen molar-refractivity contribution in [3.63, 3.8) is 0 Å². The summed E-state index contributed by atoms with van der Waals surface area (Å²) < 4.78 is 4.87. The molecule has 2 nitrogen and oxygen atoms in total. The van der Waals surface area contributed by atoms with Crippen LogP contribution in [-0.2, 0) is 9.53 Å². The molecular formula is C7H17AlO2. The average molecular weight is 160 g/mol. The highest BCUT2D eigenvalue weighted by Gasteiger charge is 2.08. The standard InChI is InChI=1S/C7H14O2.Al.3H/c1-5(2)7(8)9-6(3)4;;;;/h5-6H,1-4H3;;;;.